The highest BCUT2D eigenvalue weighted by molar-refractivity contribution is 7.99. The smallest absolute Gasteiger partial charge is 0.256 e. The van der Waals surface area contributed by atoms with Gasteiger partial charge in [0.15, 0.2) is 0 Å². The van der Waals surface area contributed by atoms with Gasteiger partial charge in [0.2, 0.25) is 11.8 Å². The van der Waals surface area contributed by atoms with Crippen molar-refractivity contribution in [1.82, 2.24) is 10.2 Å². The Bertz CT molecular complexity index is 1030. The lowest BCUT2D eigenvalue weighted by molar-refractivity contribution is -0.129. The molecule has 2 aromatic carbocycles. The number of carbonyl (C=O) groups is 3. The molecule has 31 heavy (non-hydrogen) atoms. The van der Waals surface area contributed by atoms with Crippen molar-refractivity contribution in [3.8, 4) is 5.75 Å². The van der Waals surface area contributed by atoms with E-state index in [1.54, 1.807) is 40.9 Å². The summed E-state index contributed by atoms with van der Waals surface area (Å²) in [5, 5.41) is 5.57. The molecule has 2 heterocycles. The van der Waals surface area contributed by atoms with Crippen molar-refractivity contribution in [2.24, 2.45) is 5.92 Å². The average Bonchev–Trinajstić information content (AvgIpc) is 3.32. The molecule has 7 nitrogen and oxygen atoms in total. The standard InChI is InChI=1S/C23H25N3O4S/c1-13(2)19(21(28)24-16-10-6-7-11-18(16)30-3)25-20(27)17-12-31-23-15-9-5-4-8-14(15)22(29)26(17)23/h4-11,13,17,19,23H,12H2,1-3H3,(H,24,28)(H,25,27). The minimum Gasteiger partial charge on any atom is -0.495 e. The van der Waals surface area contributed by atoms with Gasteiger partial charge in [-0.1, -0.05) is 44.2 Å². The molecule has 3 amide bonds. The summed E-state index contributed by atoms with van der Waals surface area (Å²) in [4.78, 5) is 40.7. The monoisotopic (exact) mass is 439 g/mol. The number of thioether (sulfide) groups is 1. The number of anilines is 1. The van der Waals surface area contributed by atoms with Gasteiger partial charge >= 0.3 is 0 Å². The highest BCUT2D eigenvalue weighted by atomic mass is 32.2. The number of para-hydroxylation sites is 2. The van der Waals surface area contributed by atoms with Gasteiger partial charge < -0.3 is 20.3 Å². The van der Waals surface area contributed by atoms with E-state index < -0.39 is 12.1 Å². The zero-order valence-electron chi connectivity index (χ0n) is 17.6. The molecule has 0 aromatic heterocycles. The Balaban J connectivity index is 1.48. The zero-order chi connectivity index (χ0) is 22.1. The van der Waals surface area contributed by atoms with Crippen molar-refractivity contribution >= 4 is 35.2 Å². The fourth-order valence-electron chi connectivity index (χ4n) is 3.99. The van der Waals surface area contributed by atoms with E-state index in [9.17, 15) is 14.4 Å². The second-order valence-electron chi connectivity index (χ2n) is 7.92. The lowest BCUT2D eigenvalue weighted by Crippen LogP contribution is -2.53. The number of ether oxygens (including phenoxy) is 1. The third kappa shape index (κ3) is 3.87. The number of rotatable bonds is 6. The SMILES string of the molecule is COc1ccccc1NC(=O)C(NC(=O)C1CSC2c3ccccc3C(=O)N12)C(C)C. The summed E-state index contributed by atoms with van der Waals surface area (Å²) >= 11 is 1.57. The number of methoxy groups -OCH3 is 1. The van der Waals surface area contributed by atoms with Gasteiger partial charge in [-0.05, 0) is 29.7 Å². The molecule has 1 saturated heterocycles. The molecule has 0 bridgehead atoms. The van der Waals surface area contributed by atoms with Gasteiger partial charge in [0.1, 0.15) is 23.2 Å². The van der Waals surface area contributed by atoms with Gasteiger partial charge in [-0.2, -0.15) is 0 Å². The topological polar surface area (TPSA) is 87.7 Å². The Morgan fingerprint density at radius 1 is 1.13 bits per heavy atom. The quantitative estimate of drug-likeness (QED) is 0.722. The average molecular weight is 440 g/mol. The molecule has 1 fully saturated rings. The van der Waals surface area contributed by atoms with Crippen LogP contribution >= 0.6 is 11.8 Å². The molecular weight excluding hydrogens is 414 g/mol. The van der Waals surface area contributed by atoms with Crippen molar-refractivity contribution in [2.75, 3.05) is 18.2 Å². The molecule has 0 saturated carbocycles. The van der Waals surface area contributed by atoms with Crippen LogP contribution in [0.5, 0.6) is 5.75 Å². The molecule has 2 N–H and O–H groups in total. The highest BCUT2D eigenvalue weighted by Crippen LogP contribution is 2.48. The lowest BCUT2D eigenvalue weighted by Gasteiger charge is -2.27. The number of nitrogens with one attached hydrogen (secondary N) is 2. The van der Waals surface area contributed by atoms with Gasteiger partial charge in [0, 0.05) is 11.3 Å². The summed E-state index contributed by atoms with van der Waals surface area (Å²) in [6, 6.07) is 13.2. The van der Waals surface area contributed by atoms with Crippen LogP contribution in [0, 0.1) is 5.92 Å². The first kappa shape index (κ1) is 21.2. The Morgan fingerprint density at radius 2 is 1.84 bits per heavy atom. The summed E-state index contributed by atoms with van der Waals surface area (Å²) in [7, 11) is 1.53. The predicted molar refractivity (Wildman–Crippen MR) is 120 cm³/mol. The Kier molecular flexibility index (Phi) is 5.91. The van der Waals surface area contributed by atoms with E-state index in [0.717, 1.165) is 5.56 Å². The van der Waals surface area contributed by atoms with Crippen molar-refractivity contribution in [3.05, 3.63) is 59.7 Å². The van der Waals surface area contributed by atoms with Crippen LogP contribution in [-0.4, -0.2) is 47.6 Å². The van der Waals surface area contributed by atoms with Gasteiger partial charge in [-0.25, -0.2) is 0 Å². The summed E-state index contributed by atoms with van der Waals surface area (Å²) < 4.78 is 5.29. The first-order valence-electron chi connectivity index (χ1n) is 10.2. The zero-order valence-corrected chi connectivity index (χ0v) is 18.4. The van der Waals surface area contributed by atoms with Crippen molar-refractivity contribution in [2.45, 2.75) is 31.3 Å². The molecule has 2 aliphatic rings. The molecular formula is C23H25N3O4S. The maximum atomic E-state index is 13.2. The Hall–Kier alpha value is -3.00. The molecule has 2 aliphatic heterocycles. The third-order valence-corrected chi connectivity index (χ3v) is 6.91. The molecule has 3 unspecified atom stereocenters. The van der Waals surface area contributed by atoms with Gasteiger partial charge in [-0.3, -0.25) is 14.4 Å². The van der Waals surface area contributed by atoms with Gasteiger partial charge in [0.05, 0.1) is 12.8 Å². The third-order valence-electron chi connectivity index (χ3n) is 5.61. The fourth-order valence-corrected chi connectivity index (χ4v) is 5.45. The van der Waals surface area contributed by atoms with Crippen LogP contribution in [0.1, 0.15) is 35.1 Å². The van der Waals surface area contributed by atoms with Crippen molar-refractivity contribution in [1.29, 1.82) is 0 Å². The number of carbonyl (C=O) groups excluding carboxylic acids is 3. The Labute approximate surface area is 185 Å². The van der Waals surface area contributed by atoms with Crippen molar-refractivity contribution < 1.29 is 19.1 Å². The number of hydrogen-bond acceptors (Lipinski definition) is 5. The van der Waals surface area contributed by atoms with E-state index in [1.165, 1.54) is 7.11 Å². The molecule has 162 valence electrons. The second kappa shape index (κ2) is 8.63. The number of amides is 3. The van der Waals surface area contributed by atoms with Crippen LogP contribution in [0.15, 0.2) is 48.5 Å². The lowest BCUT2D eigenvalue weighted by atomic mass is 10.0. The summed E-state index contributed by atoms with van der Waals surface area (Å²) in [5.41, 5.74) is 2.13. The summed E-state index contributed by atoms with van der Waals surface area (Å²) in [6.07, 6.45) is 0. The van der Waals surface area contributed by atoms with Crippen LogP contribution in [0.25, 0.3) is 0 Å². The predicted octanol–water partition coefficient (Wildman–Crippen LogP) is 3.04. The fraction of sp³-hybridized carbons (Fsp3) is 0.348. The van der Waals surface area contributed by atoms with Gasteiger partial charge in [-0.15, -0.1) is 11.8 Å². The maximum absolute atomic E-state index is 13.2. The van der Waals surface area contributed by atoms with E-state index in [1.807, 2.05) is 38.1 Å². The number of benzene rings is 2. The minimum absolute atomic E-state index is 0.134. The Morgan fingerprint density at radius 3 is 2.58 bits per heavy atom. The van der Waals surface area contributed by atoms with E-state index in [-0.39, 0.29) is 29.0 Å². The van der Waals surface area contributed by atoms with E-state index in [0.29, 0.717) is 22.8 Å². The first-order valence-corrected chi connectivity index (χ1v) is 11.2. The molecule has 0 radical (unpaired) electrons. The largest absolute Gasteiger partial charge is 0.495 e. The van der Waals surface area contributed by atoms with Crippen LogP contribution in [0.2, 0.25) is 0 Å². The number of fused-ring (bicyclic) bond motifs is 3. The van der Waals surface area contributed by atoms with E-state index in [2.05, 4.69) is 10.6 Å². The summed E-state index contributed by atoms with van der Waals surface area (Å²) in [5.74, 6) is 0.117. The number of hydrogen-bond donors (Lipinski definition) is 2. The van der Waals surface area contributed by atoms with E-state index in [4.69, 9.17) is 4.74 Å². The molecule has 4 rings (SSSR count). The normalized spacial score (nSPS) is 20.3. The highest BCUT2D eigenvalue weighted by Gasteiger charge is 2.48. The van der Waals surface area contributed by atoms with Crippen LogP contribution < -0.4 is 15.4 Å². The molecule has 8 heteroatoms. The maximum Gasteiger partial charge on any atom is 0.256 e. The molecule has 0 aliphatic carbocycles. The second-order valence-corrected chi connectivity index (χ2v) is 9.03. The van der Waals surface area contributed by atoms with E-state index >= 15 is 0 Å². The molecule has 3 atom stereocenters. The van der Waals surface area contributed by atoms with Crippen LogP contribution in [-0.2, 0) is 9.59 Å². The molecule has 0 spiro atoms. The summed E-state index contributed by atoms with van der Waals surface area (Å²) in [6.45, 7) is 3.74. The minimum atomic E-state index is -0.749. The first-order chi connectivity index (χ1) is 14.9. The molecule has 2 aromatic rings. The van der Waals surface area contributed by atoms with Gasteiger partial charge in [0.25, 0.3) is 5.91 Å². The van der Waals surface area contributed by atoms with Crippen LogP contribution in [0.4, 0.5) is 5.69 Å². The van der Waals surface area contributed by atoms with Crippen molar-refractivity contribution in [3.63, 3.8) is 0 Å². The number of nitrogens with zero attached hydrogens (tertiary/aromatic N) is 1. The van der Waals surface area contributed by atoms with Crippen LogP contribution in [0.3, 0.4) is 0 Å².